The fraction of sp³-hybridized carbons (Fsp3) is 0.231. The third kappa shape index (κ3) is 3.68. The van der Waals surface area contributed by atoms with E-state index in [4.69, 9.17) is 16.3 Å². The van der Waals surface area contributed by atoms with Crippen LogP contribution in [-0.2, 0) is 4.79 Å². The van der Waals surface area contributed by atoms with Gasteiger partial charge < -0.3 is 4.74 Å². The number of carbonyl (C=O) groups excluding carboxylic acids is 1. The molecule has 1 aromatic carbocycles. The van der Waals surface area contributed by atoms with Crippen molar-refractivity contribution >= 4 is 34.0 Å². The number of ether oxygens (including phenoxy) is 1. The van der Waals surface area contributed by atoms with Gasteiger partial charge in [-0.15, -0.1) is 11.3 Å². The second-order valence-electron chi connectivity index (χ2n) is 3.77. The molecule has 4 nitrogen and oxygen atoms in total. The summed E-state index contributed by atoms with van der Waals surface area (Å²) in [6.45, 7) is 1.88. The van der Waals surface area contributed by atoms with Gasteiger partial charge in [-0.2, -0.15) is 0 Å². The first-order valence-corrected chi connectivity index (χ1v) is 7.08. The maximum atomic E-state index is 12.0. The van der Waals surface area contributed by atoms with Crippen molar-refractivity contribution in [3.63, 3.8) is 0 Å². The molecule has 0 fully saturated rings. The van der Waals surface area contributed by atoms with Crippen LogP contribution in [0.4, 0.5) is 5.13 Å². The number of nitrogens with zero attached hydrogens (tertiary/aromatic N) is 1. The number of nitrogens with one attached hydrogen (secondary N) is 1. The number of rotatable bonds is 5. The highest BCUT2D eigenvalue weighted by Crippen LogP contribution is 2.25. The molecule has 2 aromatic rings. The molecule has 1 amide bonds. The summed E-state index contributed by atoms with van der Waals surface area (Å²) in [6, 6.07) is 7.09. The quantitative estimate of drug-likeness (QED) is 0.917. The summed E-state index contributed by atoms with van der Waals surface area (Å²) in [5, 5.41) is 5.56. The lowest BCUT2D eigenvalue weighted by atomic mass is 10.2. The molecule has 1 N–H and O–H groups in total. The molecule has 0 unspecified atom stereocenters. The van der Waals surface area contributed by atoms with Crippen LogP contribution in [0.25, 0.3) is 0 Å². The van der Waals surface area contributed by atoms with Crippen LogP contribution in [0.2, 0.25) is 5.02 Å². The van der Waals surface area contributed by atoms with Gasteiger partial charge in [0.2, 0.25) is 0 Å². The van der Waals surface area contributed by atoms with Gasteiger partial charge >= 0.3 is 0 Å². The second-order valence-corrected chi connectivity index (χ2v) is 5.07. The first-order chi connectivity index (χ1) is 9.20. The minimum absolute atomic E-state index is 0.225. The molecule has 0 bridgehead atoms. The van der Waals surface area contributed by atoms with Gasteiger partial charge in [-0.3, -0.25) is 10.1 Å². The highest BCUT2D eigenvalue weighted by atomic mass is 35.5. The molecule has 0 aliphatic rings. The molecule has 0 spiro atoms. The fourth-order valence-corrected chi connectivity index (χ4v) is 2.20. The molecule has 19 heavy (non-hydrogen) atoms. The predicted molar refractivity (Wildman–Crippen MR) is 76.9 cm³/mol. The number of thiazole rings is 1. The predicted octanol–water partition coefficient (Wildman–Crippen LogP) is 3.59. The molecular weight excluding hydrogens is 284 g/mol. The maximum Gasteiger partial charge on any atom is 0.267 e. The van der Waals surface area contributed by atoms with Crippen LogP contribution in [-0.4, -0.2) is 17.0 Å². The Labute approximate surface area is 120 Å². The number of amides is 1. The van der Waals surface area contributed by atoms with Crippen LogP contribution in [0.3, 0.4) is 0 Å². The van der Waals surface area contributed by atoms with Crippen LogP contribution >= 0.6 is 22.9 Å². The number of anilines is 1. The van der Waals surface area contributed by atoms with E-state index in [-0.39, 0.29) is 5.91 Å². The van der Waals surface area contributed by atoms with Gasteiger partial charge in [0.25, 0.3) is 5.91 Å². The first-order valence-electron chi connectivity index (χ1n) is 5.82. The Kier molecular flexibility index (Phi) is 4.76. The third-order valence-electron chi connectivity index (χ3n) is 2.43. The second kappa shape index (κ2) is 6.54. The zero-order valence-corrected chi connectivity index (χ0v) is 11.9. The van der Waals surface area contributed by atoms with E-state index in [0.29, 0.717) is 22.3 Å². The van der Waals surface area contributed by atoms with Crippen molar-refractivity contribution in [2.45, 2.75) is 19.4 Å². The average molecular weight is 297 g/mol. The van der Waals surface area contributed by atoms with Crippen LogP contribution < -0.4 is 10.1 Å². The van der Waals surface area contributed by atoms with E-state index in [1.807, 2.05) is 19.1 Å². The number of carbonyl (C=O) groups is 1. The lowest BCUT2D eigenvalue weighted by molar-refractivity contribution is -0.122. The first kappa shape index (κ1) is 13.8. The Morgan fingerprint density at radius 1 is 1.53 bits per heavy atom. The number of hydrogen-bond acceptors (Lipinski definition) is 4. The van der Waals surface area contributed by atoms with Gasteiger partial charge in [0.15, 0.2) is 11.2 Å². The monoisotopic (exact) mass is 296 g/mol. The Morgan fingerprint density at radius 2 is 2.32 bits per heavy atom. The summed E-state index contributed by atoms with van der Waals surface area (Å²) in [5.41, 5.74) is 0. The molecule has 0 saturated heterocycles. The van der Waals surface area contributed by atoms with Gasteiger partial charge in [-0.25, -0.2) is 4.98 Å². The maximum absolute atomic E-state index is 12.0. The molecule has 1 atom stereocenters. The van der Waals surface area contributed by atoms with Gasteiger partial charge in [-0.1, -0.05) is 30.7 Å². The molecule has 1 heterocycles. The topological polar surface area (TPSA) is 51.2 Å². The smallest absolute Gasteiger partial charge is 0.267 e. The SMILES string of the molecule is CC[C@@H](Oc1ccccc1Cl)C(=O)Nc1nccs1. The molecule has 1 aromatic heterocycles. The zero-order valence-electron chi connectivity index (χ0n) is 10.3. The number of aromatic nitrogens is 1. The van der Waals surface area contributed by atoms with E-state index in [1.165, 1.54) is 11.3 Å². The Morgan fingerprint density at radius 3 is 2.95 bits per heavy atom. The van der Waals surface area contributed by atoms with Crippen molar-refractivity contribution in [3.05, 3.63) is 40.9 Å². The van der Waals surface area contributed by atoms with Crippen LogP contribution in [0.1, 0.15) is 13.3 Å². The summed E-state index contributed by atoms with van der Waals surface area (Å²) in [6.07, 6.45) is 1.59. The van der Waals surface area contributed by atoms with Crippen molar-refractivity contribution in [2.24, 2.45) is 0 Å². The molecular formula is C13H13ClN2O2S. The number of halogens is 1. The number of hydrogen-bond donors (Lipinski definition) is 1. The van der Waals surface area contributed by atoms with Crippen molar-refractivity contribution in [2.75, 3.05) is 5.32 Å². The Hall–Kier alpha value is -1.59. The zero-order chi connectivity index (χ0) is 13.7. The molecule has 0 aliphatic carbocycles. The number of benzene rings is 1. The van der Waals surface area contributed by atoms with E-state index in [2.05, 4.69) is 10.3 Å². The van der Waals surface area contributed by atoms with Crippen molar-refractivity contribution in [3.8, 4) is 5.75 Å². The summed E-state index contributed by atoms with van der Waals surface area (Å²) in [5.74, 6) is 0.280. The fourth-order valence-electron chi connectivity index (χ4n) is 1.49. The van der Waals surface area contributed by atoms with E-state index < -0.39 is 6.10 Å². The minimum Gasteiger partial charge on any atom is -0.479 e. The van der Waals surface area contributed by atoms with Gasteiger partial charge in [-0.05, 0) is 18.6 Å². The minimum atomic E-state index is -0.594. The van der Waals surface area contributed by atoms with Crippen LogP contribution in [0, 0.1) is 0 Å². The standard InChI is InChI=1S/C13H13ClN2O2S/c1-2-10(12(17)16-13-15-7-8-19-13)18-11-6-4-3-5-9(11)14/h3-8,10H,2H2,1H3,(H,15,16,17)/t10-/m1/s1. The van der Waals surface area contributed by atoms with Gasteiger partial charge in [0, 0.05) is 11.6 Å². The number of para-hydroxylation sites is 1. The Bertz CT molecular complexity index is 545. The van der Waals surface area contributed by atoms with E-state index >= 15 is 0 Å². The largest absolute Gasteiger partial charge is 0.479 e. The highest BCUT2D eigenvalue weighted by molar-refractivity contribution is 7.13. The van der Waals surface area contributed by atoms with E-state index in [9.17, 15) is 4.79 Å². The lowest BCUT2D eigenvalue weighted by Crippen LogP contribution is -2.32. The normalized spacial score (nSPS) is 11.9. The Balaban J connectivity index is 2.04. The lowest BCUT2D eigenvalue weighted by Gasteiger charge is -2.17. The summed E-state index contributed by atoms with van der Waals surface area (Å²) in [7, 11) is 0. The van der Waals surface area contributed by atoms with E-state index in [1.54, 1.807) is 23.7 Å². The highest BCUT2D eigenvalue weighted by Gasteiger charge is 2.20. The van der Waals surface area contributed by atoms with Crippen molar-refractivity contribution in [1.29, 1.82) is 0 Å². The summed E-state index contributed by atoms with van der Waals surface area (Å²) in [4.78, 5) is 16.0. The van der Waals surface area contributed by atoms with Gasteiger partial charge in [0.1, 0.15) is 5.75 Å². The molecule has 0 saturated carbocycles. The molecule has 100 valence electrons. The molecule has 2 rings (SSSR count). The van der Waals surface area contributed by atoms with E-state index in [0.717, 1.165) is 0 Å². The van der Waals surface area contributed by atoms with Crippen LogP contribution in [0.5, 0.6) is 5.75 Å². The molecule has 6 heteroatoms. The van der Waals surface area contributed by atoms with Crippen molar-refractivity contribution < 1.29 is 9.53 Å². The molecule has 0 radical (unpaired) electrons. The summed E-state index contributed by atoms with van der Waals surface area (Å²) < 4.78 is 5.64. The third-order valence-corrected chi connectivity index (χ3v) is 3.43. The summed E-state index contributed by atoms with van der Waals surface area (Å²) >= 11 is 7.37. The van der Waals surface area contributed by atoms with Crippen molar-refractivity contribution in [1.82, 2.24) is 4.98 Å². The van der Waals surface area contributed by atoms with Crippen LogP contribution in [0.15, 0.2) is 35.8 Å². The molecule has 0 aliphatic heterocycles. The van der Waals surface area contributed by atoms with Gasteiger partial charge in [0.05, 0.1) is 5.02 Å². The average Bonchev–Trinajstić information content (AvgIpc) is 2.90.